The normalized spacial score (nSPS) is 13.4. The van der Waals surface area contributed by atoms with E-state index in [-0.39, 0.29) is 24.0 Å². The number of methoxy groups -OCH3 is 1. The van der Waals surface area contributed by atoms with Crippen LogP contribution in [-0.2, 0) is 21.4 Å². The lowest BCUT2D eigenvalue weighted by Gasteiger charge is -2.13. The third-order valence-corrected chi connectivity index (χ3v) is 5.89. The van der Waals surface area contributed by atoms with Crippen molar-refractivity contribution in [1.29, 1.82) is 0 Å². The van der Waals surface area contributed by atoms with Crippen LogP contribution in [0.4, 0.5) is 10.5 Å². The summed E-state index contributed by atoms with van der Waals surface area (Å²) in [5, 5.41) is 7.62. The maximum Gasteiger partial charge on any atom is 0.321 e. The van der Waals surface area contributed by atoms with Crippen molar-refractivity contribution >= 4 is 27.6 Å². The van der Waals surface area contributed by atoms with Gasteiger partial charge in [0.05, 0.1) is 24.2 Å². The van der Waals surface area contributed by atoms with Gasteiger partial charge in [0, 0.05) is 12.6 Å². The van der Waals surface area contributed by atoms with Crippen molar-refractivity contribution in [2.24, 2.45) is 0 Å². The second-order valence-electron chi connectivity index (χ2n) is 6.83. The van der Waals surface area contributed by atoms with Crippen LogP contribution in [0.3, 0.4) is 0 Å². The van der Waals surface area contributed by atoms with Crippen LogP contribution in [0.2, 0.25) is 0 Å². The maximum absolute atomic E-state index is 12.4. The van der Waals surface area contributed by atoms with Gasteiger partial charge in [0.25, 0.3) is 0 Å². The van der Waals surface area contributed by atoms with E-state index in [0.717, 1.165) is 18.4 Å². The van der Waals surface area contributed by atoms with Gasteiger partial charge in [-0.05, 0) is 36.6 Å². The number of hydrogen-bond acceptors (Lipinski definition) is 6. The molecule has 4 N–H and O–H groups in total. The highest BCUT2D eigenvalue weighted by atomic mass is 32.2. The number of rotatable bonds is 9. The summed E-state index contributed by atoms with van der Waals surface area (Å²) < 4.78 is 32.6. The Morgan fingerprint density at radius 2 is 1.83 bits per heavy atom. The SMILES string of the molecule is COc1ccc(S(=O)(=O)NC2CC2)cc1NCC(=O)NC(=O)NCc1ccccc1. The molecule has 1 saturated carbocycles. The largest absolute Gasteiger partial charge is 0.495 e. The minimum absolute atomic E-state index is 0.0197. The maximum atomic E-state index is 12.4. The van der Waals surface area contributed by atoms with E-state index in [9.17, 15) is 18.0 Å². The summed E-state index contributed by atoms with van der Waals surface area (Å²) in [6.45, 7) is 0.0454. The molecule has 1 aliphatic carbocycles. The van der Waals surface area contributed by atoms with E-state index in [2.05, 4.69) is 20.7 Å². The Bertz CT molecular complexity index is 1010. The van der Waals surface area contributed by atoms with Gasteiger partial charge in [-0.1, -0.05) is 30.3 Å². The summed E-state index contributed by atoms with van der Waals surface area (Å²) in [5.41, 5.74) is 1.23. The Labute approximate surface area is 175 Å². The summed E-state index contributed by atoms with van der Waals surface area (Å²) in [7, 11) is -2.21. The van der Waals surface area contributed by atoms with Gasteiger partial charge in [0.1, 0.15) is 5.75 Å². The van der Waals surface area contributed by atoms with Crippen molar-refractivity contribution in [1.82, 2.24) is 15.4 Å². The fourth-order valence-corrected chi connectivity index (χ4v) is 3.98. The summed E-state index contributed by atoms with van der Waals surface area (Å²) in [6, 6.07) is 13.0. The molecule has 30 heavy (non-hydrogen) atoms. The van der Waals surface area contributed by atoms with Gasteiger partial charge < -0.3 is 15.4 Å². The Kier molecular flexibility index (Phi) is 6.91. The van der Waals surface area contributed by atoms with Gasteiger partial charge in [0.15, 0.2) is 0 Å². The molecule has 3 amide bonds. The molecule has 1 aliphatic rings. The predicted molar refractivity (Wildman–Crippen MR) is 112 cm³/mol. The van der Waals surface area contributed by atoms with Crippen LogP contribution in [0.5, 0.6) is 5.75 Å². The summed E-state index contributed by atoms with van der Waals surface area (Å²) in [5.74, 6) is -0.200. The van der Waals surface area contributed by atoms with Crippen LogP contribution in [0.15, 0.2) is 53.4 Å². The number of benzene rings is 2. The monoisotopic (exact) mass is 432 g/mol. The summed E-state index contributed by atoms with van der Waals surface area (Å²) >= 11 is 0. The first-order valence-corrected chi connectivity index (χ1v) is 10.9. The molecule has 0 aliphatic heterocycles. The van der Waals surface area contributed by atoms with E-state index in [1.54, 1.807) is 0 Å². The van der Waals surface area contributed by atoms with Gasteiger partial charge in [-0.15, -0.1) is 0 Å². The van der Waals surface area contributed by atoms with Gasteiger partial charge in [-0.3, -0.25) is 10.1 Å². The summed E-state index contributed by atoms with van der Waals surface area (Å²) in [4.78, 5) is 24.0. The van der Waals surface area contributed by atoms with Crippen LogP contribution in [0, 0.1) is 0 Å². The third kappa shape index (κ3) is 6.19. The molecule has 10 heteroatoms. The number of sulfonamides is 1. The van der Waals surface area contributed by atoms with Crippen molar-refractivity contribution in [2.45, 2.75) is 30.3 Å². The fraction of sp³-hybridized carbons (Fsp3) is 0.300. The molecule has 2 aromatic rings. The van der Waals surface area contributed by atoms with Crippen LogP contribution in [0.1, 0.15) is 18.4 Å². The lowest BCUT2D eigenvalue weighted by molar-refractivity contribution is -0.118. The van der Waals surface area contributed by atoms with E-state index in [4.69, 9.17) is 4.74 Å². The molecular weight excluding hydrogens is 408 g/mol. The van der Waals surface area contributed by atoms with Crippen LogP contribution in [-0.4, -0.2) is 40.1 Å². The van der Waals surface area contributed by atoms with Crippen molar-refractivity contribution < 1.29 is 22.7 Å². The molecule has 1 fully saturated rings. The standard InChI is InChI=1S/C20H24N4O5S/c1-29-18-10-9-16(30(27,28)24-15-7-8-15)11-17(18)21-13-19(25)23-20(26)22-12-14-5-3-2-4-6-14/h2-6,9-11,15,21,24H,7-8,12-13H2,1H3,(H2,22,23,25,26). The van der Waals surface area contributed by atoms with Gasteiger partial charge in [-0.2, -0.15) is 0 Å². The molecule has 0 saturated heterocycles. The highest BCUT2D eigenvalue weighted by Crippen LogP contribution is 2.29. The number of nitrogens with one attached hydrogen (secondary N) is 4. The highest BCUT2D eigenvalue weighted by molar-refractivity contribution is 7.89. The predicted octanol–water partition coefficient (Wildman–Crippen LogP) is 1.57. The molecule has 0 spiro atoms. The zero-order valence-electron chi connectivity index (χ0n) is 16.5. The first kappa shape index (κ1) is 21.6. The number of carbonyl (C=O) groups excluding carboxylic acids is 2. The van der Waals surface area contributed by atoms with Crippen molar-refractivity contribution in [2.75, 3.05) is 19.0 Å². The topological polar surface area (TPSA) is 126 Å². The first-order chi connectivity index (χ1) is 14.4. The van der Waals surface area contributed by atoms with Crippen molar-refractivity contribution in [3.63, 3.8) is 0 Å². The number of urea groups is 1. The lowest BCUT2D eigenvalue weighted by Crippen LogP contribution is -2.41. The molecule has 3 rings (SSSR count). The minimum Gasteiger partial charge on any atom is -0.495 e. The number of amides is 3. The first-order valence-electron chi connectivity index (χ1n) is 9.43. The van der Waals surface area contributed by atoms with Crippen LogP contribution >= 0.6 is 0 Å². The molecule has 0 bridgehead atoms. The van der Waals surface area contributed by atoms with Crippen molar-refractivity contribution in [3.05, 3.63) is 54.1 Å². The molecule has 0 heterocycles. The third-order valence-electron chi connectivity index (χ3n) is 4.37. The van der Waals surface area contributed by atoms with Crippen LogP contribution < -0.4 is 25.4 Å². The number of carbonyl (C=O) groups is 2. The fourth-order valence-electron chi connectivity index (χ4n) is 2.65. The zero-order chi connectivity index (χ0) is 21.6. The van der Waals surface area contributed by atoms with Gasteiger partial charge >= 0.3 is 6.03 Å². The minimum atomic E-state index is -3.65. The van der Waals surface area contributed by atoms with E-state index in [1.165, 1.54) is 25.3 Å². The molecule has 160 valence electrons. The highest BCUT2D eigenvalue weighted by Gasteiger charge is 2.28. The Morgan fingerprint density at radius 1 is 1.10 bits per heavy atom. The molecule has 0 aromatic heterocycles. The van der Waals surface area contributed by atoms with Crippen LogP contribution in [0.25, 0.3) is 0 Å². The summed E-state index contributed by atoms with van der Waals surface area (Å²) in [6.07, 6.45) is 1.65. The smallest absolute Gasteiger partial charge is 0.321 e. The van der Waals surface area contributed by atoms with Gasteiger partial charge in [-0.25, -0.2) is 17.9 Å². The van der Waals surface area contributed by atoms with E-state index < -0.39 is 22.0 Å². The number of hydrogen-bond donors (Lipinski definition) is 4. The molecule has 0 radical (unpaired) electrons. The molecule has 0 unspecified atom stereocenters. The van der Waals surface area contributed by atoms with E-state index in [1.807, 2.05) is 30.3 Å². The average Bonchev–Trinajstić information content (AvgIpc) is 3.54. The Morgan fingerprint density at radius 3 is 2.50 bits per heavy atom. The molecule has 9 nitrogen and oxygen atoms in total. The quantitative estimate of drug-likeness (QED) is 0.477. The Balaban J connectivity index is 1.55. The molecule has 0 atom stereocenters. The number of ether oxygens (including phenoxy) is 1. The second-order valence-corrected chi connectivity index (χ2v) is 8.54. The van der Waals surface area contributed by atoms with E-state index >= 15 is 0 Å². The lowest BCUT2D eigenvalue weighted by atomic mass is 10.2. The number of imide groups is 1. The molecular formula is C20H24N4O5S. The van der Waals surface area contributed by atoms with Gasteiger partial charge in [0.2, 0.25) is 15.9 Å². The molecule has 2 aromatic carbocycles. The van der Waals surface area contributed by atoms with E-state index in [0.29, 0.717) is 11.4 Å². The Hall–Kier alpha value is -3.11. The van der Waals surface area contributed by atoms with Crippen molar-refractivity contribution in [3.8, 4) is 5.75 Å². The average molecular weight is 433 g/mol. The number of anilines is 1. The second kappa shape index (κ2) is 9.59. The zero-order valence-corrected chi connectivity index (χ0v) is 17.3.